The van der Waals surface area contributed by atoms with Crippen LogP contribution in [-0.4, -0.2) is 28.7 Å². The van der Waals surface area contributed by atoms with Crippen LogP contribution >= 0.6 is 11.3 Å². The number of thiophene rings is 1. The monoisotopic (exact) mass is 375 g/mol. The minimum Gasteiger partial charge on any atom is -0.301 e. The molecule has 3 heterocycles. The van der Waals surface area contributed by atoms with E-state index in [0.717, 1.165) is 23.2 Å². The predicted molar refractivity (Wildman–Crippen MR) is 107 cm³/mol. The second-order valence-corrected chi connectivity index (χ2v) is 8.18. The van der Waals surface area contributed by atoms with Gasteiger partial charge in [0.2, 0.25) is 0 Å². The lowest BCUT2D eigenvalue weighted by Gasteiger charge is -2.32. The molecule has 0 aliphatic carbocycles. The van der Waals surface area contributed by atoms with E-state index in [1.54, 1.807) is 18.5 Å². The molecule has 0 spiro atoms. The van der Waals surface area contributed by atoms with Crippen LogP contribution in [0.5, 0.6) is 0 Å². The highest BCUT2D eigenvalue weighted by Crippen LogP contribution is 2.41. The van der Waals surface area contributed by atoms with Crippen molar-refractivity contribution >= 4 is 21.4 Å². The number of aromatic nitrogens is 2. The molecule has 27 heavy (non-hydrogen) atoms. The van der Waals surface area contributed by atoms with Gasteiger partial charge in [-0.05, 0) is 36.2 Å². The molecule has 5 heteroatoms. The summed E-state index contributed by atoms with van der Waals surface area (Å²) < 4.78 is 16.7. The number of hydrogen-bond donors (Lipinski definition) is 0. The molecule has 2 aromatic carbocycles. The number of fused-ring (bicyclic) bond motifs is 2. The van der Waals surface area contributed by atoms with Gasteiger partial charge in [-0.25, -0.2) is 4.39 Å². The molecular weight excluding hydrogens is 357 g/mol. The third kappa shape index (κ3) is 2.83. The van der Waals surface area contributed by atoms with Gasteiger partial charge in [0.1, 0.15) is 5.82 Å². The quantitative estimate of drug-likeness (QED) is 0.489. The lowest BCUT2D eigenvalue weighted by atomic mass is 9.86. The molecule has 2 aromatic heterocycles. The van der Waals surface area contributed by atoms with Crippen LogP contribution in [0.3, 0.4) is 0 Å². The summed E-state index contributed by atoms with van der Waals surface area (Å²) in [5.74, 6) is 0.0495. The Labute approximate surface area is 161 Å². The summed E-state index contributed by atoms with van der Waals surface area (Å²) >= 11 is 1.81. The van der Waals surface area contributed by atoms with Crippen molar-refractivity contribution in [2.24, 2.45) is 0 Å². The second-order valence-electron chi connectivity index (χ2n) is 7.06. The minimum atomic E-state index is -0.141. The van der Waals surface area contributed by atoms with E-state index < -0.39 is 0 Å². The zero-order valence-corrected chi connectivity index (χ0v) is 15.7. The Morgan fingerprint density at radius 1 is 1.11 bits per heavy atom. The largest absolute Gasteiger partial charge is 0.301 e. The molecule has 0 amide bonds. The van der Waals surface area contributed by atoms with Crippen LogP contribution in [0.1, 0.15) is 21.9 Å². The number of halogens is 1. The summed E-state index contributed by atoms with van der Waals surface area (Å²) in [5.41, 5.74) is 3.24. The van der Waals surface area contributed by atoms with Crippen molar-refractivity contribution in [3.63, 3.8) is 0 Å². The van der Waals surface area contributed by atoms with Crippen LogP contribution in [0.4, 0.5) is 4.39 Å². The fourth-order valence-corrected chi connectivity index (χ4v) is 5.13. The average molecular weight is 375 g/mol. The van der Waals surface area contributed by atoms with Crippen LogP contribution in [0, 0.1) is 5.82 Å². The summed E-state index contributed by atoms with van der Waals surface area (Å²) in [7, 11) is 2.06. The smallest absolute Gasteiger partial charge is 0.135 e. The highest BCUT2D eigenvalue weighted by atomic mass is 32.1. The van der Waals surface area contributed by atoms with Gasteiger partial charge >= 0.3 is 0 Å². The maximum atomic E-state index is 15.4. The molecule has 1 aliphatic heterocycles. The summed E-state index contributed by atoms with van der Waals surface area (Å²) in [6.45, 7) is 1.52. The third-order valence-electron chi connectivity index (χ3n) is 5.26. The summed E-state index contributed by atoms with van der Waals surface area (Å²) in [6, 6.07) is 16.5. The molecule has 1 aliphatic rings. The van der Waals surface area contributed by atoms with E-state index in [4.69, 9.17) is 0 Å². The highest BCUT2D eigenvalue weighted by molar-refractivity contribution is 7.19. The van der Waals surface area contributed by atoms with Gasteiger partial charge in [0.25, 0.3) is 0 Å². The van der Waals surface area contributed by atoms with E-state index in [0.29, 0.717) is 12.1 Å². The molecule has 5 rings (SSSR count). The van der Waals surface area contributed by atoms with E-state index in [-0.39, 0.29) is 11.7 Å². The molecule has 0 fully saturated rings. The Morgan fingerprint density at radius 3 is 2.81 bits per heavy atom. The number of likely N-dealkylation sites (N-methyl/N-ethyl adjacent to an activating group) is 1. The summed E-state index contributed by atoms with van der Waals surface area (Å²) in [6.07, 6.45) is 3.21. The van der Waals surface area contributed by atoms with Gasteiger partial charge in [-0.2, -0.15) is 10.2 Å². The molecule has 0 N–H and O–H groups in total. The highest BCUT2D eigenvalue weighted by Gasteiger charge is 2.29. The molecule has 0 bridgehead atoms. The molecular formula is C22H18FN3S. The van der Waals surface area contributed by atoms with E-state index in [2.05, 4.69) is 58.5 Å². The molecule has 0 radical (unpaired) electrons. The van der Waals surface area contributed by atoms with Gasteiger partial charge in [0.15, 0.2) is 0 Å². The van der Waals surface area contributed by atoms with Gasteiger partial charge in [-0.1, -0.05) is 30.3 Å². The van der Waals surface area contributed by atoms with Crippen molar-refractivity contribution in [2.45, 2.75) is 12.5 Å². The van der Waals surface area contributed by atoms with E-state index in [1.807, 2.05) is 17.4 Å². The Hall–Kier alpha value is -2.63. The SMILES string of the molecule is CN1Cc2c(ccc(-c3ccnnc3)c2F)C(c2cc3ccccc3s2)C1. The van der Waals surface area contributed by atoms with Gasteiger partial charge < -0.3 is 4.90 Å². The maximum Gasteiger partial charge on any atom is 0.135 e. The Kier molecular flexibility index (Phi) is 3.99. The van der Waals surface area contributed by atoms with Crippen LogP contribution in [0.25, 0.3) is 21.2 Å². The fraction of sp³-hybridized carbons (Fsp3) is 0.182. The molecule has 3 nitrogen and oxygen atoms in total. The van der Waals surface area contributed by atoms with Crippen LogP contribution in [0.2, 0.25) is 0 Å². The first-order valence-corrected chi connectivity index (χ1v) is 9.78. The standard InChI is InChI=1S/C22H18FN3S/c1-26-12-18(21-10-14-4-2-3-5-20(14)27-21)17-7-6-16(22(23)19(17)13-26)15-8-9-24-25-11-15/h2-11,18H,12-13H2,1H3. The van der Waals surface area contributed by atoms with Crippen LogP contribution in [-0.2, 0) is 6.54 Å². The molecule has 134 valence electrons. The summed E-state index contributed by atoms with van der Waals surface area (Å²) in [4.78, 5) is 3.50. The lowest BCUT2D eigenvalue weighted by Crippen LogP contribution is -2.31. The fourth-order valence-electron chi connectivity index (χ4n) is 3.96. The van der Waals surface area contributed by atoms with Gasteiger partial charge in [0.05, 0.1) is 12.4 Å². The van der Waals surface area contributed by atoms with Gasteiger partial charge in [0, 0.05) is 45.3 Å². The van der Waals surface area contributed by atoms with Crippen LogP contribution < -0.4 is 0 Å². The first kappa shape index (κ1) is 16.5. The number of nitrogens with zero attached hydrogens (tertiary/aromatic N) is 3. The number of rotatable bonds is 2. The first-order valence-electron chi connectivity index (χ1n) is 8.96. The lowest BCUT2D eigenvalue weighted by molar-refractivity contribution is 0.290. The average Bonchev–Trinajstić information content (AvgIpc) is 3.13. The zero-order valence-electron chi connectivity index (χ0n) is 14.9. The number of benzene rings is 2. The van der Waals surface area contributed by atoms with E-state index in [9.17, 15) is 0 Å². The molecule has 1 atom stereocenters. The topological polar surface area (TPSA) is 29.0 Å². The predicted octanol–water partition coefficient (Wildman–Crippen LogP) is 5.07. The molecule has 4 aromatic rings. The van der Waals surface area contributed by atoms with Crippen molar-refractivity contribution in [3.8, 4) is 11.1 Å². The zero-order chi connectivity index (χ0) is 18.4. The normalized spacial score (nSPS) is 17.2. The van der Waals surface area contributed by atoms with Crippen LogP contribution in [0.15, 0.2) is 60.9 Å². The molecule has 0 saturated heterocycles. The van der Waals surface area contributed by atoms with Crippen molar-refractivity contribution in [1.29, 1.82) is 0 Å². The van der Waals surface area contributed by atoms with Crippen molar-refractivity contribution < 1.29 is 4.39 Å². The van der Waals surface area contributed by atoms with Crippen molar-refractivity contribution in [2.75, 3.05) is 13.6 Å². The van der Waals surface area contributed by atoms with Crippen molar-refractivity contribution in [1.82, 2.24) is 15.1 Å². The molecule has 1 unspecified atom stereocenters. The Bertz CT molecular complexity index is 1090. The van der Waals surface area contributed by atoms with Crippen molar-refractivity contribution in [3.05, 3.63) is 82.7 Å². The Balaban J connectivity index is 1.64. The number of hydrogen-bond acceptors (Lipinski definition) is 4. The van der Waals surface area contributed by atoms with Gasteiger partial charge in [-0.3, -0.25) is 0 Å². The second kappa shape index (κ2) is 6.51. The molecule has 0 saturated carbocycles. The first-order chi connectivity index (χ1) is 13.2. The Morgan fingerprint density at radius 2 is 2.00 bits per heavy atom. The van der Waals surface area contributed by atoms with E-state index >= 15 is 4.39 Å². The maximum absolute atomic E-state index is 15.4. The van der Waals surface area contributed by atoms with E-state index in [1.165, 1.54) is 15.0 Å². The summed E-state index contributed by atoms with van der Waals surface area (Å²) in [5, 5.41) is 8.94. The third-order valence-corrected chi connectivity index (χ3v) is 6.49. The van der Waals surface area contributed by atoms with Gasteiger partial charge in [-0.15, -0.1) is 11.3 Å². The minimum absolute atomic E-state index is 0.141.